The normalized spacial score (nSPS) is 12.4. The Balaban J connectivity index is 2.19. The van der Waals surface area contributed by atoms with Crippen LogP contribution in [-0.4, -0.2) is 14.8 Å². The first-order chi connectivity index (χ1) is 8.61. The molecule has 0 aliphatic rings. The van der Waals surface area contributed by atoms with Crippen molar-refractivity contribution in [1.82, 2.24) is 14.8 Å². The third-order valence-corrected chi connectivity index (χ3v) is 3.11. The lowest BCUT2D eigenvalue weighted by atomic mass is 10.2. The van der Waals surface area contributed by atoms with Crippen LogP contribution in [0.15, 0.2) is 24.3 Å². The molecule has 1 unspecified atom stereocenters. The molecule has 0 radical (unpaired) electrons. The van der Waals surface area contributed by atoms with E-state index < -0.39 is 0 Å². The Hall–Kier alpha value is -1.62. The molecule has 18 heavy (non-hydrogen) atoms. The predicted octanol–water partition coefficient (Wildman–Crippen LogP) is 3.41. The number of aromatic nitrogens is 3. The van der Waals surface area contributed by atoms with Gasteiger partial charge in [-0.25, -0.2) is 0 Å². The molecular formula is C13H17N3OS. The summed E-state index contributed by atoms with van der Waals surface area (Å²) in [6.07, 6.45) is -0.138. The molecule has 2 aromatic rings. The molecule has 0 bridgehead atoms. The predicted molar refractivity (Wildman–Crippen MR) is 73.3 cm³/mol. The van der Waals surface area contributed by atoms with Crippen molar-refractivity contribution in [2.45, 2.75) is 33.4 Å². The topological polar surface area (TPSA) is 42.8 Å². The maximum absolute atomic E-state index is 5.86. The van der Waals surface area contributed by atoms with Gasteiger partial charge in [-0.05, 0) is 45.1 Å². The summed E-state index contributed by atoms with van der Waals surface area (Å²) in [5.74, 6) is 1.66. The van der Waals surface area contributed by atoms with Crippen molar-refractivity contribution in [2.24, 2.45) is 0 Å². The van der Waals surface area contributed by atoms with Crippen LogP contribution in [0, 0.1) is 11.7 Å². The van der Waals surface area contributed by atoms with Crippen molar-refractivity contribution < 1.29 is 4.74 Å². The minimum Gasteiger partial charge on any atom is -0.483 e. The van der Waals surface area contributed by atoms with E-state index in [0.717, 1.165) is 18.1 Å². The Morgan fingerprint density at radius 2 is 2.06 bits per heavy atom. The van der Waals surface area contributed by atoms with Crippen molar-refractivity contribution >= 4 is 12.2 Å². The second kappa shape index (κ2) is 5.35. The lowest BCUT2D eigenvalue weighted by Gasteiger charge is -2.14. The third-order valence-electron chi connectivity index (χ3n) is 2.80. The first kappa shape index (κ1) is 12.8. The molecule has 0 saturated carbocycles. The highest BCUT2D eigenvalue weighted by molar-refractivity contribution is 7.71. The van der Waals surface area contributed by atoms with Crippen LogP contribution < -0.4 is 4.74 Å². The Morgan fingerprint density at radius 1 is 1.39 bits per heavy atom. The van der Waals surface area contributed by atoms with Gasteiger partial charge in [-0.15, -0.1) is 0 Å². The summed E-state index contributed by atoms with van der Waals surface area (Å²) < 4.78 is 8.43. The van der Waals surface area contributed by atoms with Crippen LogP contribution in [0.3, 0.4) is 0 Å². The quantitative estimate of drug-likeness (QED) is 0.860. The summed E-state index contributed by atoms with van der Waals surface area (Å²) in [7, 11) is 0. The minimum atomic E-state index is -0.138. The zero-order valence-corrected chi connectivity index (χ0v) is 11.6. The smallest absolute Gasteiger partial charge is 0.195 e. The second-order valence-electron chi connectivity index (χ2n) is 4.20. The maximum atomic E-state index is 5.86. The average Bonchev–Trinajstić information content (AvgIpc) is 2.73. The summed E-state index contributed by atoms with van der Waals surface area (Å²) in [5.41, 5.74) is 1.21. The Labute approximate surface area is 112 Å². The molecule has 1 aromatic heterocycles. The number of hydrogen-bond donors (Lipinski definition) is 1. The van der Waals surface area contributed by atoms with E-state index >= 15 is 0 Å². The lowest BCUT2D eigenvalue weighted by Crippen LogP contribution is -2.11. The third kappa shape index (κ3) is 2.61. The molecule has 1 N–H and O–H groups in total. The van der Waals surface area contributed by atoms with Gasteiger partial charge in [0.2, 0.25) is 0 Å². The summed E-state index contributed by atoms with van der Waals surface area (Å²) in [4.78, 5) is 0. The first-order valence-corrected chi connectivity index (χ1v) is 6.41. The van der Waals surface area contributed by atoms with E-state index in [1.165, 1.54) is 5.56 Å². The van der Waals surface area contributed by atoms with Crippen molar-refractivity contribution in [3.8, 4) is 5.75 Å². The summed E-state index contributed by atoms with van der Waals surface area (Å²) >= 11 is 5.16. The molecule has 5 heteroatoms. The Kier molecular flexibility index (Phi) is 3.81. The largest absolute Gasteiger partial charge is 0.483 e. The highest BCUT2D eigenvalue weighted by Gasteiger charge is 2.14. The molecule has 1 heterocycles. The summed E-state index contributed by atoms with van der Waals surface area (Å²) in [6.45, 7) is 6.84. The highest BCUT2D eigenvalue weighted by Crippen LogP contribution is 2.20. The summed E-state index contributed by atoms with van der Waals surface area (Å²) in [5, 5.41) is 7.02. The van der Waals surface area contributed by atoms with Gasteiger partial charge in [0, 0.05) is 6.54 Å². The van der Waals surface area contributed by atoms with Crippen LogP contribution in [0.5, 0.6) is 5.75 Å². The summed E-state index contributed by atoms with van der Waals surface area (Å²) in [6, 6.07) is 7.98. The van der Waals surface area contributed by atoms with E-state index in [0.29, 0.717) is 4.77 Å². The molecule has 0 aliphatic heterocycles. The zero-order valence-electron chi connectivity index (χ0n) is 10.8. The van der Waals surface area contributed by atoms with Crippen LogP contribution in [0.1, 0.15) is 31.3 Å². The molecule has 2 rings (SSSR count). The van der Waals surface area contributed by atoms with Crippen molar-refractivity contribution in [1.29, 1.82) is 0 Å². The lowest BCUT2D eigenvalue weighted by molar-refractivity contribution is 0.210. The van der Waals surface area contributed by atoms with E-state index in [1.807, 2.05) is 42.7 Å². The first-order valence-electron chi connectivity index (χ1n) is 6.00. The van der Waals surface area contributed by atoms with Crippen LogP contribution in [0.25, 0.3) is 0 Å². The van der Waals surface area contributed by atoms with E-state index in [1.54, 1.807) is 0 Å². The number of benzene rings is 1. The monoisotopic (exact) mass is 263 g/mol. The fourth-order valence-electron chi connectivity index (χ4n) is 1.82. The van der Waals surface area contributed by atoms with Gasteiger partial charge in [0.1, 0.15) is 5.75 Å². The van der Waals surface area contributed by atoms with Gasteiger partial charge in [-0.2, -0.15) is 5.10 Å². The molecular weight excluding hydrogens is 246 g/mol. The minimum absolute atomic E-state index is 0.138. The van der Waals surface area contributed by atoms with Gasteiger partial charge >= 0.3 is 0 Å². The average molecular weight is 263 g/mol. The molecule has 0 amide bonds. The van der Waals surface area contributed by atoms with Gasteiger partial charge in [-0.3, -0.25) is 5.10 Å². The fourth-order valence-corrected chi connectivity index (χ4v) is 2.09. The van der Waals surface area contributed by atoms with Crippen LogP contribution in [0.2, 0.25) is 0 Å². The van der Waals surface area contributed by atoms with Gasteiger partial charge in [0.15, 0.2) is 16.7 Å². The van der Waals surface area contributed by atoms with Crippen LogP contribution in [0.4, 0.5) is 0 Å². The standard InChI is InChI=1S/C13H17N3OS/c1-4-16-12(14-15-13(16)18)10(3)17-11-7-5-9(2)6-8-11/h5-8,10H,4H2,1-3H3,(H,15,18). The number of nitrogens with zero attached hydrogens (tertiary/aromatic N) is 2. The van der Waals surface area contributed by atoms with E-state index in [9.17, 15) is 0 Å². The number of rotatable bonds is 4. The molecule has 0 aliphatic carbocycles. The SMILES string of the molecule is CCn1c(C(C)Oc2ccc(C)cc2)n[nH]c1=S. The van der Waals surface area contributed by atoms with Crippen molar-refractivity contribution in [3.05, 3.63) is 40.4 Å². The maximum Gasteiger partial charge on any atom is 0.195 e. The van der Waals surface area contributed by atoms with E-state index in [-0.39, 0.29) is 6.10 Å². The molecule has 1 atom stereocenters. The van der Waals surface area contributed by atoms with Gasteiger partial charge in [0.05, 0.1) is 0 Å². The number of nitrogens with one attached hydrogen (secondary N) is 1. The molecule has 96 valence electrons. The van der Waals surface area contributed by atoms with Crippen molar-refractivity contribution in [2.75, 3.05) is 0 Å². The van der Waals surface area contributed by atoms with Crippen LogP contribution >= 0.6 is 12.2 Å². The van der Waals surface area contributed by atoms with E-state index in [2.05, 4.69) is 17.1 Å². The zero-order chi connectivity index (χ0) is 13.1. The molecule has 0 fully saturated rings. The van der Waals surface area contributed by atoms with Crippen LogP contribution in [-0.2, 0) is 6.54 Å². The number of aromatic amines is 1. The number of H-pyrrole nitrogens is 1. The second-order valence-corrected chi connectivity index (χ2v) is 4.59. The molecule has 0 saturated heterocycles. The Bertz CT molecular complexity index is 571. The number of hydrogen-bond acceptors (Lipinski definition) is 3. The Morgan fingerprint density at radius 3 is 2.67 bits per heavy atom. The molecule has 4 nitrogen and oxygen atoms in total. The fraction of sp³-hybridized carbons (Fsp3) is 0.385. The van der Waals surface area contributed by atoms with E-state index in [4.69, 9.17) is 17.0 Å². The van der Waals surface area contributed by atoms with Gasteiger partial charge < -0.3 is 9.30 Å². The highest BCUT2D eigenvalue weighted by atomic mass is 32.1. The van der Waals surface area contributed by atoms with Gasteiger partial charge in [0.25, 0.3) is 0 Å². The molecule has 1 aromatic carbocycles. The van der Waals surface area contributed by atoms with Crippen molar-refractivity contribution in [3.63, 3.8) is 0 Å². The van der Waals surface area contributed by atoms with Gasteiger partial charge in [-0.1, -0.05) is 17.7 Å². The molecule has 0 spiro atoms. The number of aryl methyl sites for hydroxylation is 1. The number of ether oxygens (including phenoxy) is 1.